The number of ketones is 1. The first-order valence-electron chi connectivity index (χ1n) is 4.97. The number of hydrogen-bond donors (Lipinski definition) is 0. The summed E-state index contributed by atoms with van der Waals surface area (Å²) in [7, 11) is 0. The third-order valence-corrected chi connectivity index (χ3v) is 2.08. The van der Waals surface area contributed by atoms with E-state index in [0.717, 1.165) is 0 Å². The Labute approximate surface area is 90.6 Å². The van der Waals surface area contributed by atoms with Gasteiger partial charge in [-0.25, -0.2) is 0 Å². The van der Waals surface area contributed by atoms with Crippen molar-refractivity contribution in [3.05, 3.63) is 48.2 Å². The molecule has 0 spiro atoms. The molecular formula is C13H16O2. The number of carbonyl (C=O) groups is 1. The minimum Gasteiger partial charge on any atom is -0.488 e. The van der Waals surface area contributed by atoms with Gasteiger partial charge in [0.25, 0.3) is 0 Å². The van der Waals surface area contributed by atoms with E-state index < -0.39 is 5.60 Å². The van der Waals surface area contributed by atoms with Crippen LogP contribution in [0.15, 0.2) is 42.7 Å². The Balaban J connectivity index is 2.84. The molecule has 0 fully saturated rings. The highest BCUT2D eigenvalue weighted by molar-refractivity contribution is 6.01. The van der Waals surface area contributed by atoms with E-state index >= 15 is 0 Å². The van der Waals surface area contributed by atoms with E-state index in [0.29, 0.717) is 5.56 Å². The molecule has 0 aliphatic carbocycles. The quantitative estimate of drug-likeness (QED) is 0.556. The van der Waals surface area contributed by atoms with Gasteiger partial charge in [-0.05, 0) is 20.8 Å². The van der Waals surface area contributed by atoms with E-state index in [9.17, 15) is 4.79 Å². The smallest absolute Gasteiger partial charge is 0.205 e. The van der Waals surface area contributed by atoms with E-state index in [1.165, 1.54) is 0 Å². The second-order valence-electron chi connectivity index (χ2n) is 3.79. The number of benzene rings is 1. The standard InChI is InChI=1S/C13H16O2/c1-4-10-15-13(2,3)12(14)11-8-6-5-7-9-11/h4-10H,1-3H3. The summed E-state index contributed by atoms with van der Waals surface area (Å²) < 4.78 is 5.36. The molecule has 15 heavy (non-hydrogen) atoms. The van der Waals surface area contributed by atoms with Crippen LogP contribution in [-0.2, 0) is 4.74 Å². The zero-order valence-electron chi connectivity index (χ0n) is 9.36. The molecular weight excluding hydrogens is 188 g/mol. The first kappa shape index (κ1) is 11.5. The lowest BCUT2D eigenvalue weighted by Gasteiger charge is -2.22. The molecule has 80 valence electrons. The van der Waals surface area contributed by atoms with Crippen molar-refractivity contribution in [3.63, 3.8) is 0 Å². The molecule has 1 aromatic carbocycles. The van der Waals surface area contributed by atoms with Crippen LogP contribution in [0.25, 0.3) is 0 Å². The highest BCUT2D eigenvalue weighted by atomic mass is 16.5. The molecule has 2 nitrogen and oxygen atoms in total. The summed E-state index contributed by atoms with van der Waals surface area (Å²) in [5, 5.41) is 0. The third kappa shape index (κ3) is 2.94. The van der Waals surface area contributed by atoms with Gasteiger partial charge in [0.15, 0.2) is 5.60 Å². The SMILES string of the molecule is CC=COC(C)(C)C(=O)c1ccccc1. The van der Waals surface area contributed by atoms with Gasteiger partial charge in [0.05, 0.1) is 6.26 Å². The van der Waals surface area contributed by atoms with Crippen LogP contribution in [0, 0.1) is 0 Å². The Morgan fingerprint density at radius 1 is 1.27 bits per heavy atom. The second-order valence-corrected chi connectivity index (χ2v) is 3.79. The van der Waals surface area contributed by atoms with Gasteiger partial charge in [-0.1, -0.05) is 36.4 Å². The van der Waals surface area contributed by atoms with Gasteiger partial charge >= 0.3 is 0 Å². The van der Waals surface area contributed by atoms with Gasteiger partial charge in [0.1, 0.15) is 0 Å². The Kier molecular flexibility index (Phi) is 3.67. The lowest BCUT2D eigenvalue weighted by molar-refractivity contribution is 0.0404. The molecule has 0 saturated heterocycles. The van der Waals surface area contributed by atoms with Gasteiger partial charge in [-0.15, -0.1) is 0 Å². The fourth-order valence-electron chi connectivity index (χ4n) is 1.23. The van der Waals surface area contributed by atoms with Crippen LogP contribution in [0.2, 0.25) is 0 Å². The largest absolute Gasteiger partial charge is 0.488 e. The van der Waals surface area contributed by atoms with Crippen molar-refractivity contribution in [2.75, 3.05) is 0 Å². The number of Topliss-reactive ketones (excluding diaryl/α,β-unsaturated/α-hetero) is 1. The fraction of sp³-hybridized carbons (Fsp3) is 0.308. The van der Waals surface area contributed by atoms with Crippen molar-refractivity contribution >= 4 is 5.78 Å². The first-order chi connectivity index (χ1) is 7.08. The third-order valence-electron chi connectivity index (χ3n) is 2.08. The predicted octanol–water partition coefficient (Wildman–Crippen LogP) is 3.20. The summed E-state index contributed by atoms with van der Waals surface area (Å²) in [6.45, 7) is 5.38. The molecule has 0 saturated carbocycles. The summed E-state index contributed by atoms with van der Waals surface area (Å²) in [6, 6.07) is 9.17. The number of allylic oxidation sites excluding steroid dienone is 1. The summed E-state index contributed by atoms with van der Waals surface area (Å²) in [6.07, 6.45) is 3.31. The molecule has 0 unspecified atom stereocenters. The molecule has 2 heteroatoms. The molecule has 0 aromatic heterocycles. The number of rotatable bonds is 4. The van der Waals surface area contributed by atoms with Gasteiger partial charge in [0, 0.05) is 5.56 Å². The zero-order chi connectivity index (χ0) is 11.3. The van der Waals surface area contributed by atoms with Crippen molar-refractivity contribution < 1.29 is 9.53 Å². The molecule has 0 radical (unpaired) electrons. The number of hydrogen-bond acceptors (Lipinski definition) is 2. The number of ether oxygens (including phenoxy) is 1. The number of carbonyl (C=O) groups excluding carboxylic acids is 1. The van der Waals surface area contributed by atoms with Crippen LogP contribution >= 0.6 is 0 Å². The monoisotopic (exact) mass is 204 g/mol. The average molecular weight is 204 g/mol. The molecule has 0 amide bonds. The lowest BCUT2D eigenvalue weighted by atomic mass is 9.97. The Bertz CT molecular complexity index is 350. The van der Waals surface area contributed by atoms with Crippen molar-refractivity contribution in [2.24, 2.45) is 0 Å². The summed E-state index contributed by atoms with van der Waals surface area (Å²) in [4.78, 5) is 12.0. The average Bonchev–Trinajstić information content (AvgIpc) is 2.26. The van der Waals surface area contributed by atoms with Gasteiger partial charge in [0.2, 0.25) is 5.78 Å². The van der Waals surface area contributed by atoms with Crippen molar-refractivity contribution in [1.82, 2.24) is 0 Å². The van der Waals surface area contributed by atoms with Crippen LogP contribution in [0.3, 0.4) is 0 Å². The van der Waals surface area contributed by atoms with E-state index in [4.69, 9.17) is 4.74 Å². The minimum atomic E-state index is -0.812. The van der Waals surface area contributed by atoms with Gasteiger partial charge < -0.3 is 4.74 Å². The summed E-state index contributed by atoms with van der Waals surface area (Å²) >= 11 is 0. The Hall–Kier alpha value is -1.57. The molecule has 0 heterocycles. The zero-order valence-corrected chi connectivity index (χ0v) is 9.36. The van der Waals surface area contributed by atoms with Crippen LogP contribution in [0.5, 0.6) is 0 Å². The Morgan fingerprint density at radius 3 is 2.40 bits per heavy atom. The van der Waals surface area contributed by atoms with E-state index in [1.54, 1.807) is 38.3 Å². The normalized spacial score (nSPS) is 11.7. The van der Waals surface area contributed by atoms with Crippen LogP contribution < -0.4 is 0 Å². The molecule has 0 atom stereocenters. The molecule has 0 aliphatic heterocycles. The summed E-state index contributed by atoms with van der Waals surface area (Å²) in [5.74, 6) is -0.0128. The molecule has 0 aliphatic rings. The Morgan fingerprint density at radius 2 is 1.87 bits per heavy atom. The first-order valence-corrected chi connectivity index (χ1v) is 4.97. The molecule has 1 rings (SSSR count). The maximum atomic E-state index is 12.0. The van der Waals surface area contributed by atoms with Gasteiger partial charge in [-0.2, -0.15) is 0 Å². The van der Waals surface area contributed by atoms with Crippen molar-refractivity contribution in [3.8, 4) is 0 Å². The lowest BCUT2D eigenvalue weighted by Crippen LogP contribution is -2.33. The van der Waals surface area contributed by atoms with E-state index in [1.807, 2.05) is 25.1 Å². The maximum Gasteiger partial charge on any atom is 0.205 e. The predicted molar refractivity (Wildman–Crippen MR) is 60.8 cm³/mol. The highest BCUT2D eigenvalue weighted by Crippen LogP contribution is 2.17. The maximum absolute atomic E-state index is 12.0. The molecule has 0 N–H and O–H groups in total. The van der Waals surface area contributed by atoms with Crippen LogP contribution in [0.4, 0.5) is 0 Å². The molecule has 1 aromatic rings. The fourth-order valence-corrected chi connectivity index (χ4v) is 1.23. The van der Waals surface area contributed by atoms with Crippen LogP contribution in [0.1, 0.15) is 31.1 Å². The second kappa shape index (κ2) is 4.78. The van der Waals surface area contributed by atoms with Crippen molar-refractivity contribution in [1.29, 1.82) is 0 Å². The van der Waals surface area contributed by atoms with E-state index in [-0.39, 0.29) is 5.78 Å². The van der Waals surface area contributed by atoms with E-state index in [2.05, 4.69) is 0 Å². The topological polar surface area (TPSA) is 26.3 Å². The van der Waals surface area contributed by atoms with Crippen LogP contribution in [-0.4, -0.2) is 11.4 Å². The highest BCUT2D eigenvalue weighted by Gasteiger charge is 2.29. The molecule has 0 bridgehead atoms. The minimum absolute atomic E-state index is 0.0128. The van der Waals surface area contributed by atoms with Gasteiger partial charge in [-0.3, -0.25) is 4.79 Å². The van der Waals surface area contributed by atoms with Crippen molar-refractivity contribution in [2.45, 2.75) is 26.4 Å². The summed E-state index contributed by atoms with van der Waals surface area (Å²) in [5.41, 5.74) is -0.138.